The SMILES string of the molecule is CC(C)Oc1ccc(NC(=NCc2ccccc2)NCC(=O)NC(C)(C)C)cc1. The first-order valence-electron chi connectivity index (χ1n) is 9.88. The Kier molecular flexibility index (Phi) is 8.07. The second-order valence-corrected chi connectivity index (χ2v) is 8.12. The summed E-state index contributed by atoms with van der Waals surface area (Å²) in [6, 6.07) is 17.6. The van der Waals surface area contributed by atoms with E-state index in [1.165, 1.54) is 0 Å². The molecule has 0 unspecified atom stereocenters. The van der Waals surface area contributed by atoms with Crippen LogP contribution in [-0.2, 0) is 11.3 Å². The minimum Gasteiger partial charge on any atom is -0.491 e. The van der Waals surface area contributed by atoms with Gasteiger partial charge >= 0.3 is 0 Å². The van der Waals surface area contributed by atoms with Crippen LogP contribution < -0.4 is 20.7 Å². The molecule has 3 N–H and O–H groups in total. The molecule has 2 rings (SSSR count). The monoisotopic (exact) mass is 396 g/mol. The van der Waals surface area contributed by atoms with Crippen molar-refractivity contribution in [3.63, 3.8) is 0 Å². The zero-order valence-electron chi connectivity index (χ0n) is 18.0. The Balaban J connectivity index is 2.06. The summed E-state index contributed by atoms with van der Waals surface area (Å²) in [5, 5.41) is 9.29. The molecule has 0 aliphatic heterocycles. The van der Waals surface area contributed by atoms with E-state index in [0.717, 1.165) is 17.0 Å². The molecule has 0 heterocycles. The van der Waals surface area contributed by atoms with E-state index in [-0.39, 0.29) is 24.1 Å². The van der Waals surface area contributed by atoms with Crippen LogP contribution in [0.1, 0.15) is 40.2 Å². The Morgan fingerprint density at radius 1 is 1.03 bits per heavy atom. The molecule has 0 aliphatic carbocycles. The number of hydrogen-bond donors (Lipinski definition) is 3. The van der Waals surface area contributed by atoms with Gasteiger partial charge in [-0.2, -0.15) is 0 Å². The summed E-state index contributed by atoms with van der Waals surface area (Å²) >= 11 is 0. The normalized spacial score (nSPS) is 11.9. The number of guanidine groups is 1. The number of benzene rings is 2. The molecule has 156 valence electrons. The Hall–Kier alpha value is -3.02. The highest BCUT2D eigenvalue weighted by molar-refractivity contribution is 5.96. The van der Waals surface area contributed by atoms with Gasteiger partial charge in [-0.05, 0) is 64.4 Å². The first-order chi connectivity index (χ1) is 13.7. The quantitative estimate of drug-likeness (QED) is 0.489. The van der Waals surface area contributed by atoms with Gasteiger partial charge in [0.25, 0.3) is 0 Å². The average Bonchev–Trinajstić information content (AvgIpc) is 2.64. The van der Waals surface area contributed by atoms with Gasteiger partial charge in [-0.3, -0.25) is 4.79 Å². The second-order valence-electron chi connectivity index (χ2n) is 8.12. The number of aliphatic imine (C=N–C) groups is 1. The lowest BCUT2D eigenvalue weighted by Crippen LogP contribution is -2.46. The van der Waals surface area contributed by atoms with Crippen molar-refractivity contribution in [2.24, 2.45) is 4.99 Å². The van der Waals surface area contributed by atoms with Gasteiger partial charge in [0.05, 0.1) is 19.2 Å². The Morgan fingerprint density at radius 2 is 1.69 bits per heavy atom. The minimum atomic E-state index is -0.278. The van der Waals surface area contributed by atoms with E-state index >= 15 is 0 Å². The zero-order chi connectivity index (χ0) is 21.3. The van der Waals surface area contributed by atoms with Gasteiger partial charge < -0.3 is 20.7 Å². The van der Waals surface area contributed by atoms with Crippen LogP contribution in [0.25, 0.3) is 0 Å². The van der Waals surface area contributed by atoms with Crippen molar-refractivity contribution in [1.29, 1.82) is 0 Å². The fourth-order valence-electron chi connectivity index (χ4n) is 2.55. The number of nitrogens with one attached hydrogen (secondary N) is 3. The topological polar surface area (TPSA) is 74.8 Å². The van der Waals surface area contributed by atoms with Crippen LogP contribution in [0.15, 0.2) is 59.6 Å². The first-order valence-corrected chi connectivity index (χ1v) is 9.88. The highest BCUT2D eigenvalue weighted by Crippen LogP contribution is 2.17. The molecule has 0 fully saturated rings. The maximum atomic E-state index is 12.2. The molecule has 0 saturated heterocycles. The van der Waals surface area contributed by atoms with Crippen LogP contribution in [0.4, 0.5) is 5.69 Å². The van der Waals surface area contributed by atoms with Crippen LogP contribution in [0.3, 0.4) is 0 Å². The van der Waals surface area contributed by atoms with Gasteiger partial charge in [0.1, 0.15) is 5.75 Å². The summed E-state index contributed by atoms with van der Waals surface area (Å²) in [6.07, 6.45) is 0.125. The molecule has 0 radical (unpaired) electrons. The summed E-state index contributed by atoms with van der Waals surface area (Å²) in [5.41, 5.74) is 1.67. The molecule has 0 atom stereocenters. The lowest BCUT2D eigenvalue weighted by molar-refractivity contribution is -0.121. The van der Waals surface area contributed by atoms with Crippen molar-refractivity contribution in [3.8, 4) is 5.75 Å². The number of ether oxygens (including phenoxy) is 1. The molecule has 0 aliphatic rings. The summed E-state index contributed by atoms with van der Waals surface area (Å²) < 4.78 is 5.68. The number of hydrogen-bond acceptors (Lipinski definition) is 3. The number of carbonyl (C=O) groups excluding carboxylic acids is 1. The standard InChI is InChI=1S/C23H32N4O2/c1-17(2)29-20-13-11-19(12-14-20)26-22(24-15-18-9-7-6-8-10-18)25-16-21(28)27-23(3,4)5/h6-14,17H,15-16H2,1-5H3,(H,27,28)(H2,24,25,26). The molecule has 2 aromatic rings. The van der Waals surface area contributed by atoms with E-state index in [4.69, 9.17) is 4.74 Å². The van der Waals surface area contributed by atoms with Gasteiger partial charge in [-0.25, -0.2) is 4.99 Å². The van der Waals surface area contributed by atoms with E-state index < -0.39 is 0 Å². The van der Waals surface area contributed by atoms with Crippen molar-refractivity contribution in [1.82, 2.24) is 10.6 Å². The van der Waals surface area contributed by atoms with Crippen molar-refractivity contribution in [2.75, 3.05) is 11.9 Å². The first kappa shape index (κ1) is 22.3. The third-order valence-electron chi connectivity index (χ3n) is 3.68. The largest absolute Gasteiger partial charge is 0.491 e. The molecule has 0 aromatic heterocycles. The smallest absolute Gasteiger partial charge is 0.239 e. The van der Waals surface area contributed by atoms with Crippen LogP contribution in [0, 0.1) is 0 Å². The Labute approximate surface area is 173 Å². The predicted molar refractivity (Wildman–Crippen MR) is 119 cm³/mol. The molecule has 6 heteroatoms. The van der Waals surface area contributed by atoms with Gasteiger partial charge in [-0.1, -0.05) is 30.3 Å². The summed E-state index contributed by atoms with van der Waals surface area (Å²) in [5.74, 6) is 1.26. The summed E-state index contributed by atoms with van der Waals surface area (Å²) in [4.78, 5) is 16.8. The molecule has 2 aromatic carbocycles. The molecule has 1 amide bonds. The molecular formula is C23H32N4O2. The van der Waals surface area contributed by atoms with Crippen LogP contribution >= 0.6 is 0 Å². The van der Waals surface area contributed by atoms with Crippen molar-refractivity contribution >= 4 is 17.6 Å². The van der Waals surface area contributed by atoms with Crippen molar-refractivity contribution in [2.45, 2.75) is 52.8 Å². The van der Waals surface area contributed by atoms with Crippen LogP contribution in [0.2, 0.25) is 0 Å². The lowest BCUT2D eigenvalue weighted by Gasteiger charge is -2.21. The van der Waals surface area contributed by atoms with Crippen LogP contribution in [-0.4, -0.2) is 30.1 Å². The van der Waals surface area contributed by atoms with E-state index in [0.29, 0.717) is 12.5 Å². The Bertz CT molecular complexity index is 794. The fraction of sp³-hybridized carbons (Fsp3) is 0.391. The predicted octanol–water partition coefficient (Wildman–Crippen LogP) is 3.95. The molecular weight excluding hydrogens is 364 g/mol. The van der Waals surface area contributed by atoms with Gasteiger partial charge in [0, 0.05) is 11.2 Å². The van der Waals surface area contributed by atoms with E-state index in [1.54, 1.807) is 0 Å². The highest BCUT2D eigenvalue weighted by atomic mass is 16.5. The summed E-state index contributed by atoms with van der Waals surface area (Å²) in [7, 11) is 0. The molecule has 6 nitrogen and oxygen atoms in total. The maximum absolute atomic E-state index is 12.2. The van der Waals surface area contributed by atoms with E-state index in [9.17, 15) is 4.79 Å². The third kappa shape index (κ3) is 9.14. The molecule has 0 spiro atoms. The molecule has 0 saturated carbocycles. The van der Waals surface area contributed by atoms with E-state index in [2.05, 4.69) is 20.9 Å². The van der Waals surface area contributed by atoms with E-state index in [1.807, 2.05) is 89.2 Å². The number of nitrogens with zero attached hydrogens (tertiary/aromatic N) is 1. The number of amides is 1. The number of carbonyl (C=O) groups is 1. The van der Waals surface area contributed by atoms with Crippen molar-refractivity contribution in [3.05, 3.63) is 60.2 Å². The van der Waals surface area contributed by atoms with Gasteiger partial charge in [-0.15, -0.1) is 0 Å². The lowest BCUT2D eigenvalue weighted by atomic mass is 10.1. The minimum absolute atomic E-state index is 0.0904. The Morgan fingerprint density at radius 3 is 2.28 bits per heavy atom. The zero-order valence-corrected chi connectivity index (χ0v) is 18.0. The number of anilines is 1. The summed E-state index contributed by atoms with van der Waals surface area (Å²) in [6.45, 7) is 10.5. The molecule has 29 heavy (non-hydrogen) atoms. The average molecular weight is 397 g/mol. The second kappa shape index (κ2) is 10.5. The van der Waals surface area contributed by atoms with Crippen molar-refractivity contribution < 1.29 is 9.53 Å². The third-order valence-corrected chi connectivity index (χ3v) is 3.68. The highest BCUT2D eigenvalue weighted by Gasteiger charge is 2.14. The van der Waals surface area contributed by atoms with Crippen LogP contribution in [0.5, 0.6) is 5.75 Å². The number of rotatable bonds is 7. The van der Waals surface area contributed by atoms with Gasteiger partial charge in [0.15, 0.2) is 5.96 Å². The van der Waals surface area contributed by atoms with Gasteiger partial charge in [0.2, 0.25) is 5.91 Å². The maximum Gasteiger partial charge on any atom is 0.239 e. The fourth-order valence-corrected chi connectivity index (χ4v) is 2.55. The molecule has 0 bridgehead atoms.